The molecule has 0 spiro atoms. The van der Waals surface area contributed by atoms with E-state index in [-0.39, 0.29) is 17.7 Å². The molecular formula is C37H34F2N4O2. The average molecular weight is 605 g/mol. The maximum Gasteiger partial charge on any atom is 0.255 e. The molecule has 0 radical (unpaired) electrons. The zero-order valence-corrected chi connectivity index (χ0v) is 25.0. The lowest BCUT2D eigenvalue weighted by Crippen LogP contribution is -2.36. The SMILES string of the molecule is CN(CC(CCN1CCc2nc3ccccc3c(NC(=O)c3ccccc3)c2C1)c1ccc(F)c(F)c1)C(=O)c1ccccc1. The zero-order valence-electron chi connectivity index (χ0n) is 25.0. The van der Waals surface area contributed by atoms with Gasteiger partial charge in [0, 0.05) is 66.8 Å². The number of hydrogen-bond acceptors (Lipinski definition) is 4. The van der Waals surface area contributed by atoms with Crippen LogP contribution in [-0.2, 0) is 13.0 Å². The minimum Gasteiger partial charge on any atom is -0.341 e. The van der Waals surface area contributed by atoms with Gasteiger partial charge in [0.25, 0.3) is 11.8 Å². The number of likely N-dealkylation sites (N-methyl/N-ethyl adjacent to an activating group) is 1. The number of pyridine rings is 1. The van der Waals surface area contributed by atoms with E-state index in [0.29, 0.717) is 49.2 Å². The van der Waals surface area contributed by atoms with Crippen LogP contribution in [-0.4, -0.2) is 53.3 Å². The molecule has 6 rings (SSSR count). The van der Waals surface area contributed by atoms with Gasteiger partial charge in [0.1, 0.15) is 0 Å². The number of nitrogens with one attached hydrogen (secondary N) is 1. The highest BCUT2D eigenvalue weighted by Crippen LogP contribution is 2.33. The van der Waals surface area contributed by atoms with Crippen molar-refractivity contribution < 1.29 is 18.4 Å². The van der Waals surface area contributed by atoms with Crippen molar-refractivity contribution >= 4 is 28.4 Å². The van der Waals surface area contributed by atoms with Gasteiger partial charge in [-0.05, 0) is 61.0 Å². The monoisotopic (exact) mass is 604 g/mol. The molecule has 1 N–H and O–H groups in total. The number of carbonyl (C=O) groups is 2. The maximum atomic E-state index is 14.4. The molecular weight excluding hydrogens is 570 g/mol. The van der Waals surface area contributed by atoms with Crippen LogP contribution < -0.4 is 5.32 Å². The second-order valence-corrected chi connectivity index (χ2v) is 11.5. The van der Waals surface area contributed by atoms with Gasteiger partial charge >= 0.3 is 0 Å². The first-order valence-corrected chi connectivity index (χ1v) is 15.1. The number of aromatic nitrogens is 1. The van der Waals surface area contributed by atoms with Gasteiger partial charge in [0.2, 0.25) is 0 Å². The minimum atomic E-state index is -0.904. The summed E-state index contributed by atoms with van der Waals surface area (Å²) in [7, 11) is 1.73. The van der Waals surface area contributed by atoms with Gasteiger partial charge in [-0.2, -0.15) is 0 Å². The topological polar surface area (TPSA) is 65.5 Å². The van der Waals surface area contributed by atoms with E-state index in [1.165, 1.54) is 6.07 Å². The fourth-order valence-corrected chi connectivity index (χ4v) is 6.04. The standard InChI is InChI=1S/C37H34F2N4O2/c1-42(37(45)26-12-6-3-7-13-26)23-28(27-16-17-31(38)32(39)22-27)18-20-43-21-19-34-30(24-43)35(29-14-8-9-15-33(29)40-34)41-36(44)25-10-4-2-5-11-25/h2-17,22,28H,18-21,23-24H2,1H3,(H,40,41,44). The van der Waals surface area contributed by atoms with Crippen LogP contribution >= 0.6 is 0 Å². The summed E-state index contributed by atoms with van der Waals surface area (Å²) in [5, 5.41) is 4.06. The number of hydrogen-bond donors (Lipinski definition) is 1. The molecule has 0 saturated carbocycles. The highest BCUT2D eigenvalue weighted by Gasteiger charge is 2.26. The second kappa shape index (κ2) is 13.4. The Morgan fingerprint density at radius 1 is 0.889 bits per heavy atom. The van der Waals surface area contributed by atoms with E-state index in [1.54, 1.807) is 42.3 Å². The molecule has 45 heavy (non-hydrogen) atoms. The van der Waals surface area contributed by atoms with Crippen LogP contribution in [0.2, 0.25) is 0 Å². The van der Waals surface area contributed by atoms with E-state index in [1.807, 2.05) is 60.7 Å². The highest BCUT2D eigenvalue weighted by atomic mass is 19.2. The number of anilines is 1. The number of para-hydroxylation sites is 1. The Bertz CT molecular complexity index is 1830. The normalized spacial score (nSPS) is 13.7. The first-order valence-electron chi connectivity index (χ1n) is 15.1. The van der Waals surface area contributed by atoms with Crippen LogP contribution in [0.1, 0.15) is 49.9 Å². The Morgan fingerprint density at radius 2 is 1.58 bits per heavy atom. The van der Waals surface area contributed by atoms with E-state index in [4.69, 9.17) is 4.98 Å². The van der Waals surface area contributed by atoms with Gasteiger partial charge in [-0.25, -0.2) is 8.78 Å². The van der Waals surface area contributed by atoms with Crippen molar-refractivity contribution in [2.24, 2.45) is 0 Å². The predicted octanol–water partition coefficient (Wildman–Crippen LogP) is 7.07. The summed E-state index contributed by atoms with van der Waals surface area (Å²) in [6.45, 7) is 2.32. The Morgan fingerprint density at radius 3 is 2.31 bits per heavy atom. The van der Waals surface area contributed by atoms with Crippen molar-refractivity contribution in [2.75, 3.05) is 32.0 Å². The number of fused-ring (bicyclic) bond motifs is 2. The molecule has 0 aliphatic carbocycles. The Balaban J connectivity index is 1.24. The Kier molecular flexibility index (Phi) is 8.93. The van der Waals surface area contributed by atoms with Crippen molar-refractivity contribution in [3.05, 3.63) is 143 Å². The van der Waals surface area contributed by atoms with Crippen molar-refractivity contribution in [3.8, 4) is 0 Å². The lowest BCUT2D eigenvalue weighted by molar-refractivity contribution is 0.0782. The largest absolute Gasteiger partial charge is 0.341 e. The van der Waals surface area contributed by atoms with Gasteiger partial charge < -0.3 is 10.2 Å². The van der Waals surface area contributed by atoms with E-state index in [9.17, 15) is 18.4 Å². The van der Waals surface area contributed by atoms with E-state index in [0.717, 1.165) is 40.5 Å². The summed E-state index contributed by atoms with van der Waals surface area (Å²) >= 11 is 0. The number of nitrogens with zero attached hydrogens (tertiary/aromatic N) is 3. The molecule has 4 aromatic carbocycles. The van der Waals surface area contributed by atoms with Crippen LogP contribution in [0, 0.1) is 11.6 Å². The zero-order chi connectivity index (χ0) is 31.3. The molecule has 8 heteroatoms. The number of carbonyl (C=O) groups excluding carboxylic acids is 2. The molecule has 1 aliphatic heterocycles. The molecule has 228 valence electrons. The van der Waals surface area contributed by atoms with Crippen LogP contribution in [0.3, 0.4) is 0 Å². The van der Waals surface area contributed by atoms with Gasteiger partial charge in [-0.1, -0.05) is 60.7 Å². The van der Waals surface area contributed by atoms with Crippen LogP contribution in [0.4, 0.5) is 14.5 Å². The minimum absolute atomic E-state index is 0.133. The van der Waals surface area contributed by atoms with Gasteiger partial charge in [-0.3, -0.25) is 19.5 Å². The first kappa shape index (κ1) is 30.1. The molecule has 1 aliphatic rings. The van der Waals surface area contributed by atoms with Crippen LogP contribution in [0.5, 0.6) is 0 Å². The fourth-order valence-electron chi connectivity index (χ4n) is 6.04. The van der Waals surface area contributed by atoms with Gasteiger partial charge in [0.15, 0.2) is 11.6 Å². The molecule has 6 nitrogen and oxygen atoms in total. The molecule has 0 saturated heterocycles. The summed E-state index contributed by atoms with van der Waals surface area (Å²) in [5.74, 6) is -2.35. The third-order valence-corrected chi connectivity index (χ3v) is 8.47. The summed E-state index contributed by atoms with van der Waals surface area (Å²) < 4.78 is 28.2. The van der Waals surface area contributed by atoms with E-state index < -0.39 is 11.6 Å². The van der Waals surface area contributed by atoms with E-state index in [2.05, 4.69) is 10.2 Å². The molecule has 2 heterocycles. The molecule has 1 aromatic heterocycles. The first-order chi connectivity index (χ1) is 21.9. The smallest absolute Gasteiger partial charge is 0.255 e. The van der Waals surface area contributed by atoms with Crippen molar-refractivity contribution in [3.63, 3.8) is 0 Å². The third-order valence-electron chi connectivity index (χ3n) is 8.47. The molecule has 5 aromatic rings. The van der Waals surface area contributed by atoms with Crippen molar-refractivity contribution in [1.29, 1.82) is 0 Å². The van der Waals surface area contributed by atoms with Crippen molar-refractivity contribution in [1.82, 2.24) is 14.8 Å². The molecule has 0 bridgehead atoms. The third kappa shape index (κ3) is 6.76. The quantitative estimate of drug-likeness (QED) is 0.196. The Hall–Kier alpha value is -4.95. The second-order valence-electron chi connectivity index (χ2n) is 11.5. The van der Waals surface area contributed by atoms with Gasteiger partial charge in [-0.15, -0.1) is 0 Å². The van der Waals surface area contributed by atoms with Gasteiger partial charge in [0.05, 0.1) is 11.2 Å². The van der Waals surface area contributed by atoms with Crippen LogP contribution in [0.25, 0.3) is 10.9 Å². The maximum absolute atomic E-state index is 14.4. The predicted molar refractivity (Wildman–Crippen MR) is 172 cm³/mol. The summed E-state index contributed by atoms with van der Waals surface area (Å²) in [6.07, 6.45) is 1.32. The van der Waals surface area contributed by atoms with Crippen LogP contribution in [0.15, 0.2) is 103 Å². The molecule has 1 atom stereocenters. The van der Waals surface area contributed by atoms with Crippen molar-refractivity contribution in [2.45, 2.75) is 25.3 Å². The highest BCUT2D eigenvalue weighted by molar-refractivity contribution is 6.09. The Labute approximate surface area is 261 Å². The number of benzene rings is 4. The average Bonchev–Trinajstić information content (AvgIpc) is 3.08. The number of rotatable bonds is 9. The van der Waals surface area contributed by atoms with E-state index >= 15 is 0 Å². The number of halogens is 2. The summed E-state index contributed by atoms with van der Waals surface area (Å²) in [6, 6.07) is 29.9. The fraction of sp³-hybridized carbons (Fsp3) is 0.216. The summed E-state index contributed by atoms with van der Waals surface area (Å²) in [5.41, 5.74) is 5.31. The molecule has 1 unspecified atom stereocenters. The molecule has 2 amide bonds. The summed E-state index contributed by atoms with van der Waals surface area (Å²) in [4.78, 5) is 35.3. The number of amides is 2. The lowest BCUT2D eigenvalue weighted by atomic mass is 9.93. The molecule has 0 fully saturated rings. The lowest BCUT2D eigenvalue weighted by Gasteiger charge is -2.32.